The summed E-state index contributed by atoms with van der Waals surface area (Å²) < 4.78 is 9.42. The van der Waals surface area contributed by atoms with Crippen LogP contribution in [0.25, 0.3) is 0 Å². The van der Waals surface area contributed by atoms with Crippen molar-refractivity contribution < 1.29 is 19.1 Å². The molecule has 18 heavy (non-hydrogen) atoms. The largest absolute Gasteiger partial charge is 0.466 e. The molecule has 0 aromatic carbocycles. The van der Waals surface area contributed by atoms with Crippen LogP contribution in [0, 0.1) is 11.3 Å². The second-order valence-corrected chi connectivity index (χ2v) is 3.50. The molecule has 1 aliphatic rings. The Bertz CT molecular complexity index is 434. The lowest BCUT2D eigenvalue weighted by Gasteiger charge is -2.27. The van der Waals surface area contributed by atoms with Crippen molar-refractivity contribution in [2.75, 3.05) is 13.7 Å². The average Bonchev–Trinajstić information content (AvgIpc) is 2.38. The summed E-state index contributed by atoms with van der Waals surface area (Å²) in [5.41, 5.74) is 0.393. The van der Waals surface area contributed by atoms with Crippen molar-refractivity contribution in [2.45, 2.75) is 19.4 Å². The third kappa shape index (κ3) is 3.35. The molecule has 0 aromatic heterocycles. The number of allylic oxidation sites excluding steroid dienone is 2. The van der Waals surface area contributed by atoms with E-state index in [1.807, 2.05) is 6.07 Å². The molecule has 1 heterocycles. The van der Waals surface area contributed by atoms with E-state index in [9.17, 15) is 9.59 Å². The van der Waals surface area contributed by atoms with E-state index in [-0.39, 0.29) is 13.0 Å². The monoisotopic (exact) mass is 250 g/mol. The van der Waals surface area contributed by atoms with Crippen LogP contribution in [0.2, 0.25) is 0 Å². The smallest absolute Gasteiger partial charge is 0.414 e. The number of amides is 1. The first-order valence-electron chi connectivity index (χ1n) is 5.44. The normalized spacial score (nSPS) is 17.7. The summed E-state index contributed by atoms with van der Waals surface area (Å²) in [6.07, 6.45) is 3.84. The fourth-order valence-electron chi connectivity index (χ4n) is 1.54. The van der Waals surface area contributed by atoms with E-state index < -0.39 is 18.1 Å². The Labute approximate surface area is 105 Å². The minimum Gasteiger partial charge on any atom is -0.466 e. The molecule has 1 atom stereocenters. The maximum absolute atomic E-state index is 11.5. The first-order chi connectivity index (χ1) is 8.62. The molecule has 0 saturated carbocycles. The van der Waals surface area contributed by atoms with Gasteiger partial charge in [0.15, 0.2) is 0 Å². The molecule has 0 aliphatic carbocycles. The second kappa shape index (κ2) is 6.45. The fraction of sp³-hybridized carbons (Fsp3) is 0.417. The Hall–Kier alpha value is -2.29. The lowest BCUT2D eigenvalue weighted by atomic mass is 10.1. The Morgan fingerprint density at radius 3 is 2.83 bits per heavy atom. The van der Waals surface area contributed by atoms with Crippen molar-refractivity contribution in [2.24, 2.45) is 0 Å². The maximum Gasteiger partial charge on any atom is 0.414 e. The molecular formula is C12H14N2O4. The number of ether oxygens (including phenoxy) is 2. The highest BCUT2D eigenvalue weighted by molar-refractivity contribution is 5.75. The van der Waals surface area contributed by atoms with Gasteiger partial charge in [-0.3, -0.25) is 9.69 Å². The average molecular weight is 250 g/mol. The molecule has 1 unspecified atom stereocenters. The van der Waals surface area contributed by atoms with E-state index in [4.69, 9.17) is 10.00 Å². The van der Waals surface area contributed by atoms with Crippen LogP contribution >= 0.6 is 0 Å². The third-order valence-corrected chi connectivity index (χ3v) is 2.34. The van der Waals surface area contributed by atoms with Crippen LogP contribution in [-0.4, -0.2) is 36.7 Å². The summed E-state index contributed by atoms with van der Waals surface area (Å²) in [6, 6.07) is 1.40. The predicted octanol–water partition coefficient (Wildman–Crippen LogP) is 1.35. The first kappa shape index (κ1) is 13.8. The minimum atomic E-state index is -0.589. The van der Waals surface area contributed by atoms with Gasteiger partial charge in [0.1, 0.15) is 0 Å². The highest BCUT2D eigenvalue weighted by atomic mass is 16.5. The van der Waals surface area contributed by atoms with Crippen LogP contribution in [0.15, 0.2) is 23.9 Å². The molecule has 1 rings (SSSR count). The number of nitriles is 1. The molecule has 0 radical (unpaired) electrons. The molecule has 1 aliphatic heterocycles. The lowest BCUT2D eigenvalue weighted by molar-refractivity contribution is -0.143. The highest BCUT2D eigenvalue weighted by Gasteiger charge is 2.26. The van der Waals surface area contributed by atoms with Crippen molar-refractivity contribution in [1.82, 2.24) is 4.90 Å². The van der Waals surface area contributed by atoms with Crippen LogP contribution in [0.4, 0.5) is 4.79 Å². The van der Waals surface area contributed by atoms with Gasteiger partial charge in [0.25, 0.3) is 0 Å². The molecule has 6 heteroatoms. The maximum atomic E-state index is 11.5. The number of nitrogens with zero attached hydrogens (tertiary/aromatic N) is 2. The van der Waals surface area contributed by atoms with E-state index in [1.165, 1.54) is 30.4 Å². The lowest BCUT2D eigenvalue weighted by Crippen LogP contribution is -2.38. The standard InChI is InChI=1S/C12H14N2O4/c1-3-18-11(15)7-10-6-9(8-13)4-5-14(10)12(16)17-2/h4-6,10H,3,7H2,1-2H3. The van der Waals surface area contributed by atoms with Gasteiger partial charge < -0.3 is 9.47 Å². The molecule has 6 nitrogen and oxygen atoms in total. The molecule has 0 spiro atoms. The molecule has 0 N–H and O–H groups in total. The molecule has 0 aromatic rings. The molecule has 96 valence electrons. The zero-order chi connectivity index (χ0) is 13.5. The Balaban J connectivity index is 2.83. The number of rotatable bonds is 3. The Morgan fingerprint density at radius 1 is 1.56 bits per heavy atom. The van der Waals surface area contributed by atoms with Gasteiger partial charge >= 0.3 is 12.1 Å². The minimum absolute atomic E-state index is 0.0154. The van der Waals surface area contributed by atoms with Gasteiger partial charge in [-0.25, -0.2) is 4.79 Å². The van der Waals surface area contributed by atoms with E-state index >= 15 is 0 Å². The number of esters is 1. The van der Waals surface area contributed by atoms with Crippen LogP contribution in [0.3, 0.4) is 0 Å². The van der Waals surface area contributed by atoms with Crippen molar-refractivity contribution in [3.05, 3.63) is 23.9 Å². The zero-order valence-electron chi connectivity index (χ0n) is 10.3. The number of carbonyl (C=O) groups is 2. The zero-order valence-corrected chi connectivity index (χ0v) is 10.3. The number of hydrogen-bond acceptors (Lipinski definition) is 5. The molecule has 0 bridgehead atoms. The van der Waals surface area contributed by atoms with Gasteiger partial charge in [-0.05, 0) is 19.1 Å². The van der Waals surface area contributed by atoms with E-state index in [2.05, 4.69) is 4.74 Å². The van der Waals surface area contributed by atoms with Gasteiger partial charge in [-0.1, -0.05) is 0 Å². The summed E-state index contributed by atoms with van der Waals surface area (Å²) in [7, 11) is 1.25. The summed E-state index contributed by atoms with van der Waals surface area (Å²) >= 11 is 0. The van der Waals surface area contributed by atoms with Gasteiger partial charge in [-0.2, -0.15) is 5.26 Å². The number of hydrogen-bond donors (Lipinski definition) is 0. The Kier molecular flexibility index (Phi) is 4.93. The second-order valence-electron chi connectivity index (χ2n) is 3.50. The molecular weight excluding hydrogens is 236 g/mol. The van der Waals surface area contributed by atoms with Crippen molar-refractivity contribution >= 4 is 12.1 Å². The topological polar surface area (TPSA) is 79.6 Å². The van der Waals surface area contributed by atoms with Crippen LogP contribution in [-0.2, 0) is 14.3 Å². The van der Waals surface area contributed by atoms with Crippen LogP contribution in [0.1, 0.15) is 13.3 Å². The summed E-state index contributed by atoms with van der Waals surface area (Å²) in [5.74, 6) is -0.430. The van der Waals surface area contributed by atoms with Crippen LogP contribution < -0.4 is 0 Å². The van der Waals surface area contributed by atoms with Gasteiger partial charge in [0, 0.05) is 6.20 Å². The van der Waals surface area contributed by atoms with E-state index in [0.29, 0.717) is 5.57 Å². The first-order valence-corrected chi connectivity index (χ1v) is 5.44. The molecule has 0 saturated heterocycles. The van der Waals surface area contributed by atoms with Gasteiger partial charge in [0.2, 0.25) is 0 Å². The number of carbonyl (C=O) groups excluding carboxylic acids is 2. The Morgan fingerprint density at radius 2 is 2.28 bits per heavy atom. The van der Waals surface area contributed by atoms with E-state index in [1.54, 1.807) is 6.92 Å². The van der Waals surface area contributed by atoms with Crippen LogP contribution in [0.5, 0.6) is 0 Å². The van der Waals surface area contributed by atoms with Crippen molar-refractivity contribution in [3.63, 3.8) is 0 Å². The fourth-order valence-corrected chi connectivity index (χ4v) is 1.54. The van der Waals surface area contributed by atoms with Gasteiger partial charge in [-0.15, -0.1) is 0 Å². The number of methoxy groups -OCH3 is 1. The third-order valence-electron chi connectivity index (χ3n) is 2.34. The highest BCUT2D eigenvalue weighted by Crippen LogP contribution is 2.17. The SMILES string of the molecule is CCOC(=O)CC1C=C(C#N)C=CN1C(=O)OC. The molecule has 1 amide bonds. The van der Waals surface area contributed by atoms with Crippen molar-refractivity contribution in [1.29, 1.82) is 5.26 Å². The summed E-state index contributed by atoms with van der Waals surface area (Å²) in [5, 5.41) is 8.81. The molecule has 0 fully saturated rings. The van der Waals surface area contributed by atoms with E-state index in [0.717, 1.165) is 0 Å². The van der Waals surface area contributed by atoms with Gasteiger partial charge in [0.05, 0.1) is 37.8 Å². The van der Waals surface area contributed by atoms with Crippen molar-refractivity contribution in [3.8, 4) is 6.07 Å². The summed E-state index contributed by atoms with van der Waals surface area (Å²) in [6.45, 7) is 1.97. The summed E-state index contributed by atoms with van der Waals surface area (Å²) in [4.78, 5) is 24.2. The quantitative estimate of drug-likeness (QED) is 0.706. The predicted molar refractivity (Wildman–Crippen MR) is 62.1 cm³/mol.